The zero-order valence-corrected chi connectivity index (χ0v) is 19.6. The van der Waals surface area contributed by atoms with E-state index in [0.29, 0.717) is 5.95 Å². The number of fused-ring (bicyclic) bond motifs is 2. The van der Waals surface area contributed by atoms with Crippen LogP contribution < -0.4 is 10.2 Å². The normalized spacial score (nSPS) is 14.9. The smallest absolute Gasteiger partial charge is 0.229 e. The van der Waals surface area contributed by atoms with Gasteiger partial charge >= 0.3 is 0 Å². The van der Waals surface area contributed by atoms with E-state index in [2.05, 4.69) is 72.1 Å². The van der Waals surface area contributed by atoms with E-state index < -0.39 is 0 Å². The largest absolute Gasteiger partial charge is 0.369 e. The molecule has 1 fully saturated rings. The predicted molar refractivity (Wildman–Crippen MR) is 135 cm³/mol. The Bertz CT molecular complexity index is 1470. The number of piperazine rings is 1. The van der Waals surface area contributed by atoms with E-state index in [1.54, 1.807) is 12.4 Å². The first kappa shape index (κ1) is 20.6. The molecule has 0 atom stereocenters. The van der Waals surface area contributed by atoms with Crippen molar-refractivity contribution in [2.75, 3.05) is 43.4 Å². The van der Waals surface area contributed by atoms with Crippen molar-refractivity contribution in [1.82, 2.24) is 34.2 Å². The summed E-state index contributed by atoms with van der Waals surface area (Å²) in [5, 5.41) is 8.80. The summed E-state index contributed by atoms with van der Waals surface area (Å²) < 4.78 is 3.93. The van der Waals surface area contributed by atoms with E-state index in [0.717, 1.165) is 65.4 Å². The van der Waals surface area contributed by atoms with E-state index in [1.807, 2.05) is 30.8 Å². The molecule has 9 nitrogen and oxygen atoms in total. The van der Waals surface area contributed by atoms with Gasteiger partial charge < -0.3 is 19.7 Å². The minimum atomic E-state index is 0.541. The van der Waals surface area contributed by atoms with Crippen molar-refractivity contribution < 1.29 is 0 Å². The molecule has 0 saturated carbocycles. The number of aromatic nitrogens is 6. The Kier molecular flexibility index (Phi) is 4.91. The van der Waals surface area contributed by atoms with Gasteiger partial charge in [0.05, 0.1) is 28.3 Å². The third-order valence-corrected chi connectivity index (χ3v) is 6.63. The number of rotatable bonds is 4. The van der Waals surface area contributed by atoms with Crippen molar-refractivity contribution in [2.24, 2.45) is 7.05 Å². The summed E-state index contributed by atoms with van der Waals surface area (Å²) in [4.78, 5) is 18.6. The molecule has 4 heterocycles. The molecule has 0 aliphatic carbocycles. The van der Waals surface area contributed by atoms with E-state index in [4.69, 9.17) is 4.98 Å². The lowest BCUT2D eigenvalue weighted by atomic mass is 10.2. The Hall–Kier alpha value is -3.98. The van der Waals surface area contributed by atoms with E-state index in [9.17, 15) is 0 Å². The van der Waals surface area contributed by atoms with E-state index >= 15 is 0 Å². The number of anilines is 3. The fourth-order valence-electron chi connectivity index (χ4n) is 4.45. The van der Waals surface area contributed by atoms with Gasteiger partial charge in [-0.1, -0.05) is 0 Å². The summed E-state index contributed by atoms with van der Waals surface area (Å²) in [5.74, 6) is 1.52. The van der Waals surface area contributed by atoms with Gasteiger partial charge in [0, 0.05) is 50.8 Å². The maximum atomic E-state index is 4.78. The van der Waals surface area contributed by atoms with Crippen LogP contribution >= 0.6 is 0 Å². The molecule has 5 aromatic rings. The molecule has 3 aromatic heterocycles. The third-order valence-electron chi connectivity index (χ3n) is 6.63. The van der Waals surface area contributed by atoms with Crippen molar-refractivity contribution in [3.05, 3.63) is 60.7 Å². The van der Waals surface area contributed by atoms with Gasteiger partial charge in [-0.15, -0.1) is 0 Å². The molecule has 0 unspecified atom stereocenters. The van der Waals surface area contributed by atoms with Gasteiger partial charge in [0.2, 0.25) is 5.95 Å². The Morgan fingerprint density at radius 3 is 2.41 bits per heavy atom. The van der Waals surface area contributed by atoms with Crippen molar-refractivity contribution in [3.8, 4) is 5.69 Å². The highest BCUT2D eigenvalue weighted by Crippen LogP contribution is 2.24. The highest BCUT2D eigenvalue weighted by molar-refractivity contribution is 5.81. The average molecular weight is 454 g/mol. The minimum Gasteiger partial charge on any atom is -0.369 e. The first-order chi connectivity index (χ1) is 16.5. The van der Waals surface area contributed by atoms with Crippen LogP contribution in [0.2, 0.25) is 0 Å². The van der Waals surface area contributed by atoms with Crippen LogP contribution in [0, 0.1) is 6.92 Å². The van der Waals surface area contributed by atoms with Gasteiger partial charge in [0.1, 0.15) is 5.82 Å². The number of hydrogen-bond acceptors (Lipinski definition) is 7. The van der Waals surface area contributed by atoms with E-state index in [1.165, 1.54) is 5.69 Å². The van der Waals surface area contributed by atoms with Crippen LogP contribution in [0.1, 0.15) is 5.82 Å². The first-order valence-electron chi connectivity index (χ1n) is 11.5. The zero-order valence-electron chi connectivity index (χ0n) is 19.6. The molecule has 34 heavy (non-hydrogen) atoms. The SMILES string of the molecule is Cc1nc2ccc(-n3ncc4cnc(Nc5ccc(N6CCN(C)CC6)cc5)nc43)cc2n1C. The van der Waals surface area contributed by atoms with Crippen LogP contribution in [0.5, 0.6) is 0 Å². The molecule has 0 radical (unpaired) electrons. The molecule has 0 amide bonds. The quantitative estimate of drug-likeness (QED) is 0.446. The lowest BCUT2D eigenvalue weighted by Gasteiger charge is -2.34. The van der Waals surface area contributed by atoms with Crippen molar-refractivity contribution in [2.45, 2.75) is 6.92 Å². The molecular formula is C25H27N9. The summed E-state index contributed by atoms with van der Waals surface area (Å²) in [7, 11) is 4.19. The van der Waals surface area contributed by atoms with Crippen LogP contribution in [0.25, 0.3) is 27.8 Å². The van der Waals surface area contributed by atoms with Gasteiger partial charge in [0.15, 0.2) is 5.65 Å². The number of aryl methyl sites for hydroxylation is 2. The zero-order chi connectivity index (χ0) is 23.2. The van der Waals surface area contributed by atoms with Gasteiger partial charge in [0.25, 0.3) is 0 Å². The number of hydrogen-bond donors (Lipinski definition) is 1. The molecule has 2 aromatic carbocycles. The Morgan fingerprint density at radius 1 is 0.853 bits per heavy atom. The van der Waals surface area contributed by atoms with Crippen LogP contribution in [0.15, 0.2) is 54.9 Å². The Balaban J connectivity index is 1.27. The van der Waals surface area contributed by atoms with Crippen LogP contribution in [0.3, 0.4) is 0 Å². The van der Waals surface area contributed by atoms with Gasteiger partial charge in [-0.2, -0.15) is 10.1 Å². The topological polar surface area (TPSA) is 79.9 Å². The van der Waals surface area contributed by atoms with Crippen molar-refractivity contribution in [1.29, 1.82) is 0 Å². The average Bonchev–Trinajstić information content (AvgIpc) is 3.40. The highest BCUT2D eigenvalue weighted by atomic mass is 15.3. The van der Waals surface area contributed by atoms with Crippen molar-refractivity contribution in [3.63, 3.8) is 0 Å². The summed E-state index contributed by atoms with van der Waals surface area (Å²) in [6, 6.07) is 14.6. The molecule has 6 rings (SSSR count). The second kappa shape index (κ2) is 8.11. The van der Waals surface area contributed by atoms with Gasteiger partial charge in [-0.25, -0.2) is 14.6 Å². The second-order valence-corrected chi connectivity index (χ2v) is 8.88. The molecule has 1 aliphatic heterocycles. The molecule has 9 heteroatoms. The van der Waals surface area contributed by atoms with Gasteiger partial charge in [-0.05, 0) is 56.4 Å². The van der Waals surface area contributed by atoms with Crippen LogP contribution in [-0.2, 0) is 7.05 Å². The Labute approximate surface area is 197 Å². The lowest BCUT2D eigenvalue weighted by molar-refractivity contribution is 0.313. The molecule has 1 aliphatic rings. The Morgan fingerprint density at radius 2 is 1.62 bits per heavy atom. The number of imidazole rings is 1. The minimum absolute atomic E-state index is 0.541. The summed E-state index contributed by atoms with van der Waals surface area (Å²) >= 11 is 0. The lowest BCUT2D eigenvalue weighted by Crippen LogP contribution is -2.44. The second-order valence-electron chi connectivity index (χ2n) is 8.88. The molecule has 0 spiro atoms. The molecule has 1 saturated heterocycles. The maximum absolute atomic E-state index is 4.78. The summed E-state index contributed by atoms with van der Waals surface area (Å²) in [6.45, 7) is 6.30. The maximum Gasteiger partial charge on any atom is 0.229 e. The third kappa shape index (κ3) is 3.63. The molecule has 1 N–H and O–H groups in total. The first-order valence-corrected chi connectivity index (χ1v) is 11.5. The number of nitrogens with zero attached hydrogens (tertiary/aromatic N) is 8. The molecule has 0 bridgehead atoms. The summed E-state index contributed by atoms with van der Waals surface area (Å²) in [5.41, 5.74) is 5.92. The monoisotopic (exact) mass is 453 g/mol. The fourth-order valence-corrected chi connectivity index (χ4v) is 4.45. The van der Waals surface area contributed by atoms with Crippen LogP contribution in [0.4, 0.5) is 17.3 Å². The standard InChI is InChI=1S/C25H27N9/c1-17-28-22-9-8-21(14-23(22)32(17)3)34-24-18(16-27-34)15-26-25(30-24)29-19-4-6-20(7-5-19)33-12-10-31(2)11-13-33/h4-9,14-16H,10-13H2,1-3H3,(H,26,29,30). The number of nitrogens with one attached hydrogen (secondary N) is 1. The van der Waals surface area contributed by atoms with Crippen molar-refractivity contribution >= 4 is 39.4 Å². The predicted octanol–water partition coefficient (Wildman–Crippen LogP) is 3.51. The fraction of sp³-hybridized carbons (Fsp3) is 0.280. The number of benzene rings is 2. The van der Waals surface area contributed by atoms with E-state index in [-0.39, 0.29) is 0 Å². The molecular weight excluding hydrogens is 426 g/mol. The van der Waals surface area contributed by atoms with Crippen LogP contribution in [-0.4, -0.2) is 67.4 Å². The summed E-state index contributed by atoms with van der Waals surface area (Å²) in [6.07, 6.45) is 3.60. The molecule has 172 valence electrons. The highest BCUT2D eigenvalue weighted by Gasteiger charge is 2.15. The number of likely N-dealkylation sites (N-methyl/N-ethyl adjacent to an activating group) is 1. The van der Waals surface area contributed by atoms with Gasteiger partial charge in [-0.3, -0.25) is 0 Å².